The van der Waals surface area contributed by atoms with Crippen molar-refractivity contribution in [1.82, 2.24) is 4.90 Å². The number of likely N-dealkylation sites (tertiary alicyclic amines) is 1. The van der Waals surface area contributed by atoms with Crippen LogP contribution >= 0.6 is 0 Å². The minimum atomic E-state index is 0.0319. The second-order valence-electron chi connectivity index (χ2n) is 8.67. The molecule has 1 saturated heterocycles. The Morgan fingerprint density at radius 2 is 1.59 bits per heavy atom. The normalized spacial score (nSPS) is 23.4. The van der Waals surface area contributed by atoms with E-state index >= 15 is 0 Å². The zero-order valence-electron chi connectivity index (χ0n) is 16.8. The Hall–Kier alpha value is -2.62. The maximum Gasteiger partial charge on any atom is 0.258 e. The molecule has 0 aromatic heterocycles. The third kappa shape index (κ3) is 3.35. The number of rotatable bonds is 2. The van der Waals surface area contributed by atoms with E-state index in [1.54, 1.807) is 0 Å². The maximum atomic E-state index is 13.3. The number of nitrogens with zero attached hydrogens (tertiary/aromatic N) is 2. The van der Waals surface area contributed by atoms with Crippen LogP contribution in [0.3, 0.4) is 0 Å². The standard InChI is InChI=1S/C25H28N2O2/c28-24(19-8-2-1-3-9-19)27-16-14-20-17-21(12-13-23(20)27)25(29)26-15-6-10-18-7-4-5-11-22(18)26/h1-3,8-9,12-13,17-18,22H,4-7,10-11,14-16H2/t18-,22-/m1/s1. The van der Waals surface area contributed by atoms with Crippen LogP contribution in [0.15, 0.2) is 48.5 Å². The van der Waals surface area contributed by atoms with Crippen LogP contribution in [0.5, 0.6) is 0 Å². The predicted octanol–water partition coefficient (Wildman–Crippen LogP) is 4.68. The predicted molar refractivity (Wildman–Crippen MR) is 114 cm³/mol. The van der Waals surface area contributed by atoms with Gasteiger partial charge in [0.15, 0.2) is 0 Å². The highest BCUT2D eigenvalue weighted by Crippen LogP contribution is 2.37. The summed E-state index contributed by atoms with van der Waals surface area (Å²) in [5.74, 6) is 0.900. The summed E-state index contributed by atoms with van der Waals surface area (Å²) in [6, 6.07) is 15.8. The molecule has 2 atom stereocenters. The van der Waals surface area contributed by atoms with Crippen LogP contribution in [0.1, 0.15) is 64.8 Å². The average Bonchev–Trinajstić information content (AvgIpc) is 3.21. The molecule has 2 heterocycles. The van der Waals surface area contributed by atoms with Gasteiger partial charge in [-0.2, -0.15) is 0 Å². The van der Waals surface area contributed by atoms with E-state index in [0.717, 1.165) is 42.6 Å². The Labute approximate surface area is 172 Å². The minimum absolute atomic E-state index is 0.0319. The van der Waals surface area contributed by atoms with Crippen LogP contribution in [-0.4, -0.2) is 35.8 Å². The SMILES string of the molecule is O=C(c1ccccc1)N1CCc2cc(C(=O)N3CCC[C@H]4CCCC[C@H]43)ccc21. The zero-order valence-corrected chi connectivity index (χ0v) is 16.8. The van der Waals surface area contributed by atoms with Crippen molar-refractivity contribution >= 4 is 17.5 Å². The molecule has 2 aromatic carbocycles. The van der Waals surface area contributed by atoms with Crippen molar-refractivity contribution in [2.45, 2.75) is 51.0 Å². The molecule has 0 spiro atoms. The van der Waals surface area contributed by atoms with Crippen molar-refractivity contribution in [2.24, 2.45) is 5.92 Å². The van der Waals surface area contributed by atoms with Gasteiger partial charge in [0, 0.05) is 35.9 Å². The molecule has 2 aliphatic heterocycles. The Kier molecular flexibility index (Phi) is 4.86. The van der Waals surface area contributed by atoms with Gasteiger partial charge in [-0.05, 0) is 73.9 Å². The molecule has 29 heavy (non-hydrogen) atoms. The molecule has 2 fully saturated rings. The fourth-order valence-electron chi connectivity index (χ4n) is 5.53. The first-order chi connectivity index (χ1) is 14.2. The molecular formula is C25H28N2O2. The van der Waals surface area contributed by atoms with Crippen LogP contribution in [0, 0.1) is 5.92 Å². The molecule has 0 bridgehead atoms. The van der Waals surface area contributed by atoms with E-state index in [1.165, 1.54) is 25.7 Å². The lowest BCUT2D eigenvalue weighted by atomic mass is 9.78. The van der Waals surface area contributed by atoms with Crippen LogP contribution < -0.4 is 4.90 Å². The number of anilines is 1. The Bertz CT molecular complexity index is 922. The van der Waals surface area contributed by atoms with Gasteiger partial charge in [-0.15, -0.1) is 0 Å². The number of hydrogen-bond acceptors (Lipinski definition) is 2. The first-order valence-electron chi connectivity index (χ1n) is 11.0. The van der Waals surface area contributed by atoms with Gasteiger partial charge in [-0.25, -0.2) is 0 Å². The summed E-state index contributed by atoms with van der Waals surface area (Å²) in [5, 5.41) is 0. The van der Waals surface area contributed by atoms with Crippen LogP contribution in [0.25, 0.3) is 0 Å². The fraction of sp³-hybridized carbons (Fsp3) is 0.440. The number of carbonyl (C=O) groups excluding carboxylic acids is 2. The van der Waals surface area contributed by atoms with Gasteiger partial charge in [-0.3, -0.25) is 9.59 Å². The number of piperidine rings is 1. The van der Waals surface area contributed by atoms with Gasteiger partial charge < -0.3 is 9.80 Å². The van der Waals surface area contributed by atoms with Crippen molar-refractivity contribution in [2.75, 3.05) is 18.0 Å². The minimum Gasteiger partial charge on any atom is -0.335 e. The van der Waals surface area contributed by atoms with E-state index in [4.69, 9.17) is 0 Å². The van der Waals surface area contributed by atoms with Gasteiger partial charge >= 0.3 is 0 Å². The molecule has 5 rings (SSSR count). The molecule has 4 nitrogen and oxygen atoms in total. The van der Waals surface area contributed by atoms with E-state index in [0.29, 0.717) is 24.1 Å². The number of hydrogen-bond donors (Lipinski definition) is 0. The first-order valence-corrected chi connectivity index (χ1v) is 11.0. The molecule has 1 aliphatic carbocycles. The lowest BCUT2D eigenvalue weighted by Crippen LogP contribution is -2.49. The van der Waals surface area contributed by atoms with Gasteiger partial charge in [0.25, 0.3) is 11.8 Å². The smallest absolute Gasteiger partial charge is 0.258 e. The molecule has 150 valence electrons. The second-order valence-corrected chi connectivity index (χ2v) is 8.67. The molecule has 2 aromatic rings. The molecular weight excluding hydrogens is 360 g/mol. The highest BCUT2D eigenvalue weighted by molar-refractivity contribution is 6.07. The van der Waals surface area contributed by atoms with E-state index in [1.807, 2.05) is 53.4 Å². The van der Waals surface area contributed by atoms with Gasteiger partial charge in [0.1, 0.15) is 0 Å². The number of carbonyl (C=O) groups is 2. The van der Waals surface area contributed by atoms with E-state index in [2.05, 4.69) is 4.90 Å². The second kappa shape index (κ2) is 7.66. The lowest BCUT2D eigenvalue weighted by Gasteiger charge is -2.44. The zero-order chi connectivity index (χ0) is 19.8. The molecule has 0 unspecified atom stereocenters. The van der Waals surface area contributed by atoms with Crippen molar-refractivity contribution in [3.05, 3.63) is 65.2 Å². The molecule has 0 radical (unpaired) electrons. The van der Waals surface area contributed by atoms with Crippen molar-refractivity contribution < 1.29 is 9.59 Å². The Balaban J connectivity index is 1.37. The van der Waals surface area contributed by atoms with E-state index < -0.39 is 0 Å². The summed E-state index contributed by atoms with van der Waals surface area (Å²) in [4.78, 5) is 30.2. The van der Waals surface area contributed by atoms with Crippen molar-refractivity contribution in [1.29, 1.82) is 0 Å². The molecule has 2 amide bonds. The molecule has 0 N–H and O–H groups in total. The largest absolute Gasteiger partial charge is 0.335 e. The average molecular weight is 389 g/mol. The fourth-order valence-corrected chi connectivity index (χ4v) is 5.53. The molecule has 4 heteroatoms. The third-order valence-corrected chi connectivity index (χ3v) is 6.99. The van der Waals surface area contributed by atoms with E-state index in [9.17, 15) is 9.59 Å². The van der Waals surface area contributed by atoms with Crippen LogP contribution in [0.4, 0.5) is 5.69 Å². The maximum absolute atomic E-state index is 13.3. The molecule has 3 aliphatic rings. The summed E-state index contributed by atoms with van der Waals surface area (Å²) < 4.78 is 0. The Morgan fingerprint density at radius 3 is 2.45 bits per heavy atom. The topological polar surface area (TPSA) is 40.6 Å². The monoisotopic (exact) mass is 388 g/mol. The third-order valence-electron chi connectivity index (χ3n) is 6.99. The lowest BCUT2D eigenvalue weighted by molar-refractivity contribution is 0.0390. The van der Waals surface area contributed by atoms with Gasteiger partial charge in [0.05, 0.1) is 0 Å². The van der Waals surface area contributed by atoms with E-state index in [-0.39, 0.29) is 11.8 Å². The van der Waals surface area contributed by atoms with Crippen LogP contribution in [-0.2, 0) is 6.42 Å². The van der Waals surface area contributed by atoms with Crippen molar-refractivity contribution in [3.8, 4) is 0 Å². The van der Waals surface area contributed by atoms with Crippen LogP contribution in [0.2, 0.25) is 0 Å². The summed E-state index contributed by atoms with van der Waals surface area (Å²) in [6.45, 7) is 1.56. The van der Waals surface area contributed by atoms with Gasteiger partial charge in [-0.1, -0.05) is 31.0 Å². The highest BCUT2D eigenvalue weighted by atomic mass is 16.2. The number of amides is 2. The highest BCUT2D eigenvalue weighted by Gasteiger charge is 2.36. The summed E-state index contributed by atoms with van der Waals surface area (Å²) in [5.41, 5.74) is 3.54. The molecule has 1 saturated carbocycles. The quantitative estimate of drug-likeness (QED) is 0.749. The number of fused-ring (bicyclic) bond motifs is 2. The van der Waals surface area contributed by atoms with Gasteiger partial charge in [0.2, 0.25) is 0 Å². The first kappa shape index (κ1) is 18.4. The summed E-state index contributed by atoms with van der Waals surface area (Å²) >= 11 is 0. The summed E-state index contributed by atoms with van der Waals surface area (Å²) in [7, 11) is 0. The van der Waals surface area contributed by atoms with Crippen molar-refractivity contribution in [3.63, 3.8) is 0 Å². The Morgan fingerprint density at radius 1 is 0.793 bits per heavy atom. The summed E-state index contributed by atoms with van der Waals surface area (Å²) in [6.07, 6.45) is 8.18. The number of benzene rings is 2.